The lowest BCUT2D eigenvalue weighted by atomic mass is 9.88. The summed E-state index contributed by atoms with van der Waals surface area (Å²) in [5.41, 5.74) is 2.64. The average Bonchev–Trinajstić information content (AvgIpc) is 2.89. The van der Waals surface area contributed by atoms with E-state index in [1.54, 1.807) is 37.6 Å². The zero-order valence-corrected chi connectivity index (χ0v) is 24.0. The summed E-state index contributed by atoms with van der Waals surface area (Å²) in [5.74, 6) is 0.584. The highest BCUT2D eigenvalue weighted by atomic mass is 35.5. The zero-order valence-electron chi connectivity index (χ0n) is 22.4. The molecule has 0 saturated carbocycles. The molecule has 208 valence electrons. The molecule has 1 aromatic heterocycles. The normalized spacial score (nSPS) is 17.9. The first kappa shape index (κ1) is 28.7. The molecule has 1 saturated heterocycles. The molecule has 2 aromatic carbocycles. The van der Waals surface area contributed by atoms with Gasteiger partial charge in [-0.2, -0.15) is 0 Å². The van der Waals surface area contributed by atoms with E-state index in [1.807, 2.05) is 50.2 Å². The highest BCUT2D eigenvalue weighted by Gasteiger charge is 2.33. The fourth-order valence-electron chi connectivity index (χ4n) is 4.87. The molecule has 0 unspecified atom stereocenters. The number of carbonyl (C=O) groups is 1. The molecule has 0 aliphatic carbocycles. The number of nitrogens with zero attached hydrogens (tertiary/aromatic N) is 2. The van der Waals surface area contributed by atoms with E-state index in [4.69, 9.17) is 16.3 Å². The van der Waals surface area contributed by atoms with Gasteiger partial charge >= 0.3 is 6.03 Å². The SMILES string of the molecule is COc1ccc([C@@H]2CN(c3ccc(C(C)(C)NS(C)(=O)=O)cc3)CC[C@H]2NC(=O)Nc2ccc(Cl)cc2)nc1. The van der Waals surface area contributed by atoms with Crippen LogP contribution in [0.5, 0.6) is 5.75 Å². The van der Waals surface area contributed by atoms with Gasteiger partial charge in [0, 0.05) is 47.1 Å². The van der Waals surface area contributed by atoms with Crippen molar-refractivity contribution in [2.24, 2.45) is 0 Å². The standard InChI is InChI=1S/C28H34ClN5O4S/c1-28(2,33-39(4,36)37)19-5-11-22(12-6-19)34-16-15-26(24(18-34)25-14-13-23(38-3)17-30-25)32-27(35)31-21-9-7-20(29)8-10-21/h5-14,17,24,26,33H,15-16,18H2,1-4H3,(H2,31,32,35)/t24-,26+/m0/s1. The third kappa shape index (κ3) is 7.62. The lowest BCUT2D eigenvalue weighted by Gasteiger charge is -2.40. The molecule has 11 heteroatoms. The van der Waals surface area contributed by atoms with Crippen molar-refractivity contribution in [2.45, 2.75) is 37.8 Å². The molecule has 2 amide bonds. The first-order valence-electron chi connectivity index (χ1n) is 12.6. The van der Waals surface area contributed by atoms with Gasteiger partial charge in [0.1, 0.15) is 5.75 Å². The number of hydrogen-bond acceptors (Lipinski definition) is 6. The number of amides is 2. The summed E-state index contributed by atoms with van der Waals surface area (Å²) in [7, 11) is -1.77. The summed E-state index contributed by atoms with van der Waals surface area (Å²) < 4.78 is 31.5. The van der Waals surface area contributed by atoms with Crippen LogP contribution in [0.3, 0.4) is 0 Å². The summed E-state index contributed by atoms with van der Waals surface area (Å²) in [5, 5.41) is 6.61. The molecule has 3 aromatic rings. The molecule has 4 rings (SSSR count). The summed E-state index contributed by atoms with van der Waals surface area (Å²) >= 11 is 5.96. The topological polar surface area (TPSA) is 113 Å². The number of benzene rings is 2. The van der Waals surface area contributed by atoms with Crippen LogP contribution in [0.1, 0.15) is 37.4 Å². The Hall–Kier alpha value is -3.34. The number of nitrogens with one attached hydrogen (secondary N) is 3. The van der Waals surface area contributed by atoms with Gasteiger partial charge in [-0.05, 0) is 74.4 Å². The Labute approximate surface area is 235 Å². The number of urea groups is 1. The molecule has 39 heavy (non-hydrogen) atoms. The highest BCUT2D eigenvalue weighted by molar-refractivity contribution is 7.88. The number of halogens is 1. The van der Waals surface area contributed by atoms with Gasteiger partial charge in [-0.25, -0.2) is 17.9 Å². The fraction of sp³-hybridized carbons (Fsp3) is 0.357. The largest absolute Gasteiger partial charge is 0.495 e. The average molecular weight is 572 g/mol. The van der Waals surface area contributed by atoms with E-state index >= 15 is 0 Å². The second-order valence-corrected chi connectivity index (χ2v) is 12.4. The van der Waals surface area contributed by atoms with Crippen LogP contribution in [0.2, 0.25) is 5.02 Å². The number of pyridine rings is 1. The van der Waals surface area contributed by atoms with E-state index < -0.39 is 15.6 Å². The van der Waals surface area contributed by atoms with Crippen LogP contribution in [0.25, 0.3) is 0 Å². The maximum absolute atomic E-state index is 12.9. The molecule has 3 N–H and O–H groups in total. The number of methoxy groups -OCH3 is 1. The van der Waals surface area contributed by atoms with Crippen molar-refractivity contribution in [3.63, 3.8) is 0 Å². The lowest BCUT2D eigenvalue weighted by Crippen LogP contribution is -2.51. The van der Waals surface area contributed by atoms with Gasteiger partial charge in [-0.3, -0.25) is 4.98 Å². The molecule has 0 bridgehead atoms. The van der Waals surface area contributed by atoms with Crippen molar-refractivity contribution in [1.29, 1.82) is 0 Å². The zero-order chi connectivity index (χ0) is 28.2. The van der Waals surface area contributed by atoms with Crippen molar-refractivity contribution >= 4 is 39.0 Å². The van der Waals surface area contributed by atoms with Gasteiger partial charge in [0.2, 0.25) is 10.0 Å². The quantitative estimate of drug-likeness (QED) is 0.361. The minimum atomic E-state index is -3.36. The minimum Gasteiger partial charge on any atom is -0.495 e. The number of carbonyl (C=O) groups excluding carboxylic acids is 1. The highest BCUT2D eigenvalue weighted by Crippen LogP contribution is 2.32. The Morgan fingerprint density at radius 2 is 1.77 bits per heavy atom. The van der Waals surface area contributed by atoms with Gasteiger partial charge in [0.15, 0.2) is 0 Å². The smallest absolute Gasteiger partial charge is 0.319 e. The monoisotopic (exact) mass is 571 g/mol. The summed E-state index contributed by atoms with van der Waals surface area (Å²) in [6.45, 7) is 5.03. The van der Waals surface area contributed by atoms with Gasteiger partial charge < -0.3 is 20.3 Å². The van der Waals surface area contributed by atoms with Crippen molar-refractivity contribution < 1.29 is 17.9 Å². The van der Waals surface area contributed by atoms with Crippen LogP contribution >= 0.6 is 11.6 Å². The molecular weight excluding hydrogens is 538 g/mol. The number of piperidine rings is 1. The van der Waals surface area contributed by atoms with E-state index in [2.05, 4.69) is 25.2 Å². The molecule has 9 nitrogen and oxygen atoms in total. The van der Waals surface area contributed by atoms with Crippen molar-refractivity contribution in [3.05, 3.63) is 83.1 Å². The molecule has 2 heterocycles. The first-order valence-corrected chi connectivity index (χ1v) is 14.9. The van der Waals surface area contributed by atoms with Crippen LogP contribution in [0, 0.1) is 0 Å². The van der Waals surface area contributed by atoms with E-state index in [1.165, 1.54) is 0 Å². The van der Waals surface area contributed by atoms with Gasteiger partial charge in [-0.15, -0.1) is 0 Å². The van der Waals surface area contributed by atoms with Gasteiger partial charge in [-0.1, -0.05) is 23.7 Å². The van der Waals surface area contributed by atoms with Gasteiger partial charge in [0.05, 0.1) is 25.1 Å². The number of anilines is 2. The van der Waals surface area contributed by atoms with Crippen LogP contribution in [-0.4, -0.2) is 51.9 Å². The predicted molar refractivity (Wildman–Crippen MR) is 155 cm³/mol. The molecule has 1 aliphatic rings. The Morgan fingerprint density at radius 1 is 1.08 bits per heavy atom. The second-order valence-electron chi connectivity index (χ2n) is 10.2. The van der Waals surface area contributed by atoms with Crippen molar-refractivity contribution in [3.8, 4) is 5.75 Å². The van der Waals surface area contributed by atoms with Crippen molar-refractivity contribution in [1.82, 2.24) is 15.0 Å². The summed E-state index contributed by atoms with van der Waals surface area (Å²) in [6.07, 6.45) is 3.55. The molecule has 0 spiro atoms. The third-order valence-corrected chi connectivity index (χ3v) is 7.93. The van der Waals surface area contributed by atoms with Crippen molar-refractivity contribution in [2.75, 3.05) is 36.7 Å². The minimum absolute atomic E-state index is 0.0800. The Bertz CT molecular complexity index is 1380. The number of sulfonamides is 1. The van der Waals surface area contributed by atoms with E-state index in [-0.39, 0.29) is 18.0 Å². The van der Waals surface area contributed by atoms with Crippen LogP contribution in [-0.2, 0) is 15.6 Å². The molecule has 1 aliphatic heterocycles. The Morgan fingerprint density at radius 3 is 2.36 bits per heavy atom. The Balaban J connectivity index is 1.52. The number of hydrogen-bond donors (Lipinski definition) is 3. The maximum Gasteiger partial charge on any atom is 0.319 e. The molecule has 0 radical (unpaired) electrons. The van der Waals surface area contributed by atoms with E-state index in [9.17, 15) is 13.2 Å². The van der Waals surface area contributed by atoms with Crippen LogP contribution < -0.4 is 25.0 Å². The molecule has 1 fully saturated rings. The van der Waals surface area contributed by atoms with E-state index in [0.29, 0.717) is 29.4 Å². The van der Waals surface area contributed by atoms with Gasteiger partial charge in [0.25, 0.3) is 0 Å². The first-order chi connectivity index (χ1) is 18.4. The second kappa shape index (κ2) is 11.8. The fourth-order valence-corrected chi connectivity index (χ4v) is 6.04. The number of rotatable bonds is 8. The summed E-state index contributed by atoms with van der Waals surface area (Å²) in [4.78, 5) is 19.8. The third-order valence-electron chi connectivity index (χ3n) is 6.80. The van der Waals surface area contributed by atoms with Crippen LogP contribution in [0.4, 0.5) is 16.2 Å². The predicted octanol–water partition coefficient (Wildman–Crippen LogP) is 4.71. The number of ether oxygens (including phenoxy) is 1. The number of aromatic nitrogens is 1. The lowest BCUT2D eigenvalue weighted by molar-refractivity contribution is 0.243. The molecule has 2 atom stereocenters. The Kier molecular flexibility index (Phi) is 8.68. The van der Waals surface area contributed by atoms with E-state index in [0.717, 1.165) is 29.7 Å². The molecular formula is C28H34ClN5O4S. The maximum atomic E-state index is 12.9. The summed E-state index contributed by atoms with van der Waals surface area (Å²) in [6, 6.07) is 18.2. The van der Waals surface area contributed by atoms with Crippen LogP contribution in [0.15, 0.2) is 66.9 Å².